The Kier molecular flexibility index (Phi) is 3.85. The summed E-state index contributed by atoms with van der Waals surface area (Å²) in [4.78, 5) is 29.1. The van der Waals surface area contributed by atoms with Crippen LogP contribution in [0.4, 0.5) is 4.79 Å². The molecular weight excluding hydrogens is 298 g/mol. The number of H-pyrrole nitrogens is 1. The van der Waals surface area contributed by atoms with Crippen LogP contribution in [0.25, 0.3) is 10.9 Å². The highest BCUT2D eigenvalue weighted by Crippen LogP contribution is 2.36. The van der Waals surface area contributed by atoms with E-state index in [1.54, 1.807) is 19.1 Å². The molecule has 0 fully saturated rings. The molecule has 3 rings (SSSR count). The maximum absolute atomic E-state index is 12.2. The van der Waals surface area contributed by atoms with Gasteiger partial charge in [-0.2, -0.15) is 0 Å². The number of aromatic amines is 1. The molecule has 0 bridgehead atoms. The molecule has 1 aromatic heterocycles. The molecule has 1 aliphatic rings. The average Bonchev–Trinajstić information content (AvgIpc) is 2.96. The van der Waals surface area contributed by atoms with Crippen molar-refractivity contribution in [3.63, 3.8) is 0 Å². The molecule has 2 aromatic rings. The Morgan fingerprint density at radius 2 is 2.13 bits per heavy atom. The van der Waals surface area contributed by atoms with E-state index in [4.69, 9.17) is 9.47 Å². The van der Waals surface area contributed by atoms with E-state index in [9.17, 15) is 9.59 Å². The highest BCUT2D eigenvalue weighted by atomic mass is 16.5. The molecule has 0 radical (unpaired) electrons. The number of nitrogens with zero attached hydrogens (tertiary/aromatic N) is 1. The second-order valence-electron chi connectivity index (χ2n) is 5.44. The zero-order valence-electron chi connectivity index (χ0n) is 13.3. The predicted octanol–water partition coefficient (Wildman–Crippen LogP) is 1.59. The molecular formula is C16H19N3O4. The first-order chi connectivity index (χ1) is 11.1. The number of carbonyl (C=O) groups is 2. The van der Waals surface area contributed by atoms with Gasteiger partial charge in [0.15, 0.2) is 0 Å². The van der Waals surface area contributed by atoms with E-state index in [-0.39, 0.29) is 12.0 Å². The number of amides is 2. The van der Waals surface area contributed by atoms with Gasteiger partial charge in [0.1, 0.15) is 11.7 Å². The molecule has 2 heterocycles. The van der Waals surface area contributed by atoms with E-state index >= 15 is 0 Å². The normalized spacial score (nSPS) is 16.8. The van der Waals surface area contributed by atoms with E-state index in [0.29, 0.717) is 13.1 Å². The first kappa shape index (κ1) is 15.2. The Balaban J connectivity index is 2.13. The van der Waals surface area contributed by atoms with Gasteiger partial charge in [-0.1, -0.05) is 0 Å². The Hall–Kier alpha value is -2.70. The molecule has 1 unspecified atom stereocenters. The van der Waals surface area contributed by atoms with Crippen LogP contribution >= 0.6 is 0 Å². The van der Waals surface area contributed by atoms with Crippen molar-refractivity contribution < 1.29 is 19.1 Å². The molecule has 122 valence electrons. The van der Waals surface area contributed by atoms with Crippen LogP contribution in [0.5, 0.6) is 5.75 Å². The molecule has 7 heteroatoms. The maximum Gasteiger partial charge on any atom is 0.317 e. The van der Waals surface area contributed by atoms with Gasteiger partial charge in [-0.3, -0.25) is 4.79 Å². The maximum atomic E-state index is 12.2. The number of urea groups is 1. The van der Waals surface area contributed by atoms with Gasteiger partial charge in [0.2, 0.25) is 0 Å². The summed E-state index contributed by atoms with van der Waals surface area (Å²) in [5.74, 6) is -0.131. The predicted molar refractivity (Wildman–Crippen MR) is 84.5 cm³/mol. The number of fused-ring (bicyclic) bond motifs is 3. The summed E-state index contributed by atoms with van der Waals surface area (Å²) in [5, 5.41) is 3.55. The molecule has 1 atom stereocenters. The molecule has 2 amide bonds. The minimum absolute atomic E-state index is 0.221. The van der Waals surface area contributed by atoms with Gasteiger partial charge in [0, 0.05) is 36.3 Å². The fourth-order valence-electron chi connectivity index (χ4n) is 3.12. The lowest BCUT2D eigenvalue weighted by Crippen LogP contribution is -2.44. The highest BCUT2D eigenvalue weighted by Gasteiger charge is 2.35. The fourth-order valence-corrected chi connectivity index (χ4v) is 3.12. The molecule has 1 aromatic carbocycles. The van der Waals surface area contributed by atoms with Crippen LogP contribution in [0.1, 0.15) is 17.2 Å². The number of hydrogen-bond donors (Lipinski definition) is 2. The van der Waals surface area contributed by atoms with Crippen molar-refractivity contribution in [1.82, 2.24) is 15.2 Å². The monoisotopic (exact) mass is 317 g/mol. The van der Waals surface area contributed by atoms with Crippen molar-refractivity contribution in [2.24, 2.45) is 0 Å². The first-order valence-electron chi connectivity index (χ1n) is 7.32. The lowest BCUT2D eigenvalue weighted by molar-refractivity contribution is -0.143. The third kappa shape index (κ3) is 2.48. The number of rotatable bonds is 2. The number of methoxy groups -OCH3 is 2. The quantitative estimate of drug-likeness (QED) is 0.824. The van der Waals surface area contributed by atoms with Crippen molar-refractivity contribution >= 4 is 22.9 Å². The number of benzene rings is 1. The number of esters is 1. The summed E-state index contributed by atoms with van der Waals surface area (Å²) in [6, 6.07) is 5.44. The smallest absolute Gasteiger partial charge is 0.317 e. The number of aromatic nitrogens is 1. The van der Waals surface area contributed by atoms with Gasteiger partial charge >= 0.3 is 12.0 Å². The number of ether oxygens (including phenoxy) is 2. The van der Waals surface area contributed by atoms with Gasteiger partial charge in [0.25, 0.3) is 0 Å². The Morgan fingerprint density at radius 3 is 2.78 bits per heavy atom. The fraction of sp³-hybridized carbons (Fsp3) is 0.375. The van der Waals surface area contributed by atoms with Gasteiger partial charge < -0.3 is 24.7 Å². The molecule has 2 N–H and O–H groups in total. The minimum Gasteiger partial charge on any atom is -0.497 e. The first-order valence-corrected chi connectivity index (χ1v) is 7.32. The Morgan fingerprint density at radius 1 is 1.35 bits per heavy atom. The van der Waals surface area contributed by atoms with Crippen molar-refractivity contribution in [1.29, 1.82) is 0 Å². The highest BCUT2D eigenvalue weighted by molar-refractivity contribution is 5.93. The van der Waals surface area contributed by atoms with Gasteiger partial charge in [-0.25, -0.2) is 4.79 Å². The molecule has 0 saturated heterocycles. The van der Waals surface area contributed by atoms with Crippen LogP contribution < -0.4 is 10.1 Å². The second-order valence-corrected chi connectivity index (χ2v) is 5.44. The van der Waals surface area contributed by atoms with E-state index in [0.717, 1.165) is 27.9 Å². The molecule has 1 aliphatic heterocycles. The number of nitrogens with one attached hydrogen (secondary N) is 2. The number of hydrogen-bond acceptors (Lipinski definition) is 4. The van der Waals surface area contributed by atoms with Gasteiger partial charge in [0.05, 0.1) is 20.8 Å². The summed E-state index contributed by atoms with van der Waals surface area (Å²) < 4.78 is 10.2. The molecule has 0 aliphatic carbocycles. The summed E-state index contributed by atoms with van der Waals surface area (Å²) >= 11 is 0. The lowest BCUT2D eigenvalue weighted by atomic mass is 9.92. The van der Waals surface area contributed by atoms with Crippen molar-refractivity contribution in [2.45, 2.75) is 12.5 Å². The average molecular weight is 317 g/mol. The van der Waals surface area contributed by atoms with Crippen LogP contribution in [0, 0.1) is 0 Å². The van der Waals surface area contributed by atoms with Crippen molar-refractivity contribution in [3.8, 4) is 5.75 Å². The lowest BCUT2D eigenvalue weighted by Gasteiger charge is -2.31. The Labute approximate surface area is 133 Å². The van der Waals surface area contributed by atoms with Crippen LogP contribution in [0.15, 0.2) is 18.2 Å². The summed E-state index contributed by atoms with van der Waals surface area (Å²) in [6.45, 7) is 0.706. The molecule has 23 heavy (non-hydrogen) atoms. The Bertz CT molecular complexity index is 768. The van der Waals surface area contributed by atoms with E-state index in [2.05, 4.69) is 10.3 Å². The van der Waals surface area contributed by atoms with Crippen LogP contribution in [0.2, 0.25) is 0 Å². The standard InChI is InChI=1S/C16H19N3O4/c1-17-16(21)19-7-11(15(20)23-3)14-10-5-4-9(22-2)6-12(10)18-13(14)8-19/h4-6,11,18H,7-8H2,1-3H3,(H,17,21). The van der Waals surface area contributed by atoms with Crippen LogP contribution in [0.3, 0.4) is 0 Å². The third-order valence-electron chi connectivity index (χ3n) is 4.21. The second kappa shape index (κ2) is 5.83. The molecule has 7 nitrogen and oxygen atoms in total. The topological polar surface area (TPSA) is 83.7 Å². The van der Waals surface area contributed by atoms with E-state index in [1.165, 1.54) is 7.11 Å². The van der Waals surface area contributed by atoms with Gasteiger partial charge in [-0.15, -0.1) is 0 Å². The minimum atomic E-state index is -0.511. The molecule has 0 spiro atoms. The SMILES string of the molecule is CNC(=O)N1Cc2[nH]c3cc(OC)ccc3c2C(C(=O)OC)C1. The molecule has 0 saturated carbocycles. The van der Waals surface area contributed by atoms with Crippen LogP contribution in [-0.2, 0) is 16.1 Å². The summed E-state index contributed by atoms with van der Waals surface area (Å²) in [6.07, 6.45) is 0. The summed E-state index contributed by atoms with van der Waals surface area (Å²) in [7, 11) is 4.54. The van der Waals surface area contributed by atoms with Crippen molar-refractivity contribution in [2.75, 3.05) is 27.8 Å². The number of carbonyl (C=O) groups excluding carboxylic acids is 2. The van der Waals surface area contributed by atoms with Crippen molar-refractivity contribution in [3.05, 3.63) is 29.5 Å². The van der Waals surface area contributed by atoms with Gasteiger partial charge in [-0.05, 0) is 17.7 Å². The zero-order valence-corrected chi connectivity index (χ0v) is 13.3. The van der Waals surface area contributed by atoms with Crippen LogP contribution in [-0.4, -0.2) is 49.7 Å². The van der Waals surface area contributed by atoms with E-state index in [1.807, 2.05) is 18.2 Å². The summed E-state index contributed by atoms with van der Waals surface area (Å²) in [5.41, 5.74) is 2.62. The largest absolute Gasteiger partial charge is 0.497 e. The third-order valence-corrected chi connectivity index (χ3v) is 4.21. The zero-order chi connectivity index (χ0) is 16.6. The van der Waals surface area contributed by atoms with E-state index < -0.39 is 5.92 Å².